The summed E-state index contributed by atoms with van der Waals surface area (Å²) in [5.74, 6) is 2.30. The second-order valence-corrected chi connectivity index (χ2v) is 8.12. The van der Waals surface area contributed by atoms with Gasteiger partial charge in [0.25, 0.3) is 0 Å². The Kier molecular flexibility index (Phi) is 8.13. The van der Waals surface area contributed by atoms with Crippen LogP contribution in [-0.4, -0.2) is 13.2 Å². The molecule has 4 heteroatoms. The van der Waals surface area contributed by atoms with Crippen LogP contribution in [0.3, 0.4) is 0 Å². The fraction of sp³-hybridized carbons (Fsp3) is 0.400. The first-order valence-electron chi connectivity index (χ1n) is 8.41. The van der Waals surface area contributed by atoms with Crippen molar-refractivity contribution in [1.82, 2.24) is 0 Å². The van der Waals surface area contributed by atoms with Crippen molar-refractivity contribution in [3.63, 3.8) is 0 Å². The summed E-state index contributed by atoms with van der Waals surface area (Å²) in [5.41, 5.74) is 2.61. The molecule has 0 aliphatic carbocycles. The summed E-state index contributed by atoms with van der Waals surface area (Å²) in [6.07, 6.45) is 2.05. The van der Waals surface area contributed by atoms with E-state index in [4.69, 9.17) is 9.47 Å². The molecule has 24 heavy (non-hydrogen) atoms. The molecule has 0 amide bonds. The maximum Gasteiger partial charge on any atom is 0.132 e. The van der Waals surface area contributed by atoms with Gasteiger partial charge < -0.3 is 9.47 Å². The summed E-state index contributed by atoms with van der Waals surface area (Å²) in [6.45, 7) is 8.03. The van der Waals surface area contributed by atoms with Crippen LogP contribution in [0.15, 0.2) is 36.4 Å². The number of halogens is 2. The minimum atomic E-state index is 0.340. The second-order valence-electron chi connectivity index (χ2n) is 5.80. The van der Waals surface area contributed by atoms with E-state index in [1.54, 1.807) is 0 Å². The van der Waals surface area contributed by atoms with E-state index in [1.165, 1.54) is 18.3 Å². The topological polar surface area (TPSA) is 18.5 Å². The van der Waals surface area contributed by atoms with Crippen LogP contribution >= 0.6 is 45.2 Å². The Bertz CT molecular complexity index is 613. The number of hydrogen-bond acceptors (Lipinski definition) is 2. The van der Waals surface area contributed by atoms with Gasteiger partial charge in [0.05, 0.1) is 20.4 Å². The van der Waals surface area contributed by atoms with Gasteiger partial charge in [0.1, 0.15) is 11.5 Å². The lowest BCUT2D eigenvalue weighted by molar-refractivity contribution is 0.315. The molecule has 0 saturated carbocycles. The average Bonchev–Trinajstić information content (AvgIpc) is 2.59. The van der Waals surface area contributed by atoms with Crippen LogP contribution in [0.4, 0.5) is 0 Å². The molecule has 0 heterocycles. The van der Waals surface area contributed by atoms with E-state index in [9.17, 15) is 0 Å². The molecule has 130 valence electrons. The van der Waals surface area contributed by atoms with E-state index >= 15 is 0 Å². The fourth-order valence-corrected chi connectivity index (χ4v) is 3.81. The summed E-state index contributed by atoms with van der Waals surface area (Å²) < 4.78 is 13.9. The van der Waals surface area contributed by atoms with Gasteiger partial charge in [0.2, 0.25) is 0 Å². The molecular formula is C20H24I2O2. The van der Waals surface area contributed by atoms with Gasteiger partial charge in [-0.3, -0.25) is 0 Å². The highest BCUT2D eigenvalue weighted by Crippen LogP contribution is 2.32. The summed E-state index contributed by atoms with van der Waals surface area (Å²) in [7, 11) is 0. The molecule has 0 fully saturated rings. The number of benzene rings is 2. The third-order valence-electron chi connectivity index (χ3n) is 3.84. The highest BCUT2D eigenvalue weighted by atomic mass is 127. The molecule has 2 aromatic carbocycles. The van der Waals surface area contributed by atoms with Crippen molar-refractivity contribution >= 4 is 45.2 Å². The van der Waals surface area contributed by atoms with Crippen LogP contribution in [0, 0.1) is 7.14 Å². The van der Waals surface area contributed by atoms with Crippen LogP contribution < -0.4 is 9.47 Å². The maximum atomic E-state index is 5.77. The Morgan fingerprint density at radius 3 is 1.54 bits per heavy atom. The van der Waals surface area contributed by atoms with Crippen LogP contribution in [0.2, 0.25) is 0 Å². The lowest BCUT2D eigenvalue weighted by Crippen LogP contribution is -2.02. The SMILES string of the molecule is CCCOc1ccc(C(C)c2ccc(OCCC)c(I)c2)cc1I. The monoisotopic (exact) mass is 550 g/mol. The Balaban J connectivity index is 2.17. The van der Waals surface area contributed by atoms with Crippen molar-refractivity contribution in [3.8, 4) is 11.5 Å². The molecular weight excluding hydrogens is 526 g/mol. The van der Waals surface area contributed by atoms with Gasteiger partial charge in [-0.05, 0) is 93.4 Å². The maximum absolute atomic E-state index is 5.77. The lowest BCUT2D eigenvalue weighted by atomic mass is 9.93. The minimum absolute atomic E-state index is 0.340. The van der Waals surface area contributed by atoms with Crippen molar-refractivity contribution in [3.05, 3.63) is 54.7 Å². The van der Waals surface area contributed by atoms with Crippen molar-refractivity contribution in [2.75, 3.05) is 13.2 Å². The molecule has 0 spiro atoms. The van der Waals surface area contributed by atoms with Crippen LogP contribution in [-0.2, 0) is 0 Å². The number of hydrogen-bond donors (Lipinski definition) is 0. The third-order valence-corrected chi connectivity index (χ3v) is 5.52. The van der Waals surface area contributed by atoms with Gasteiger partial charge in [0.15, 0.2) is 0 Å². The Morgan fingerprint density at radius 1 is 0.792 bits per heavy atom. The Hall–Kier alpha value is -0.500. The van der Waals surface area contributed by atoms with Gasteiger partial charge in [-0.15, -0.1) is 0 Å². The molecule has 2 rings (SSSR count). The predicted molar refractivity (Wildman–Crippen MR) is 117 cm³/mol. The second kappa shape index (κ2) is 9.85. The zero-order valence-corrected chi connectivity index (χ0v) is 18.8. The molecule has 0 N–H and O–H groups in total. The molecule has 0 unspecified atom stereocenters. The zero-order valence-electron chi connectivity index (χ0n) is 14.4. The van der Waals surface area contributed by atoms with Crippen LogP contribution in [0.25, 0.3) is 0 Å². The van der Waals surface area contributed by atoms with Gasteiger partial charge in [0, 0.05) is 5.92 Å². The highest BCUT2D eigenvalue weighted by molar-refractivity contribution is 14.1. The number of ether oxygens (including phenoxy) is 2. The molecule has 0 saturated heterocycles. The van der Waals surface area contributed by atoms with Crippen molar-refractivity contribution in [1.29, 1.82) is 0 Å². The lowest BCUT2D eigenvalue weighted by Gasteiger charge is -2.16. The third kappa shape index (κ3) is 5.25. The van der Waals surface area contributed by atoms with Gasteiger partial charge >= 0.3 is 0 Å². The molecule has 0 aliphatic heterocycles. The van der Waals surface area contributed by atoms with E-state index < -0.39 is 0 Å². The molecule has 0 atom stereocenters. The van der Waals surface area contributed by atoms with Crippen LogP contribution in [0.5, 0.6) is 11.5 Å². The van der Waals surface area contributed by atoms with Crippen molar-refractivity contribution in [2.45, 2.75) is 39.5 Å². The summed E-state index contributed by atoms with van der Waals surface area (Å²) in [5, 5.41) is 0. The van der Waals surface area contributed by atoms with E-state index in [2.05, 4.69) is 102 Å². The molecule has 0 radical (unpaired) electrons. The van der Waals surface area contributed by atoms with Crippen LogP contribution in [0.1, 0.15) is 50.7 Å². The first kappa shape index (κ1) is 19.8. The van der Waals surface area contributed by atoms with Gasteiger partial charge in [-0.1, -0.05) is 32.9 Å². The van der Waals surface area contributed by atoms with Crippen molar-refractivity contribution in [2.24, 2.45) is 0 Å². The Labute approximate surface area is 172 Å². The van der Waals surface area contributed by atoms with Gasteiger partial charge in [-0.25, -0.2) is 0 Å². The molecule has 0 aromatic heterocycles. The number of rotatable bonds is 8. The Morgan fingerprint density at radius 2 is 1.21 bits per heavy atom. The first-order chi connectivity index (χ1) is 11.6. The molecule has 0 aliphatic rings. The van der Waals surface area contributed by atoms with Crippen molar-refractivity contribution < 1.29 is 9.47 Å². The summed E-state index contributed by atoms with van der Waals surface area (Å²) >= 11 is 4.72. The van der Waals surface area contributed by atoms with E-state index in [0.29, 0.717) is 5.92 Å². The normalized spacial score (nSPS) is 10.9. The summed E-state index contributed by atoms with van der Waals surface area (Å²) in [6, 6.07) is 13.0. The largest absolute Gasteiger partial charge is 0.492 e. The van der Waals surface area contributed by atoms with E-state index in [1.807, 2.05) is 0 Å². The average molecular weight is 550 g/mol. The summed E-state index contributed by atoms with van der Waals surface area (Å²) in [4.78, 5) is 0. The zero-order chi connectivity index (χ0) is 17.5. The fourth-order valence-electron chi connectivity index (χ4n) is 2.42. The highest BCUT2D eigenvalue weighted by Gasteiger charge is 2.13. The smallest absolute Gasteiger partial charge is 0.132 e. The molecule has 2 aromatic rings. The quantitative estimate of drug-likeness (QED) is 0.344. The standard InChI is InChI=1S/C20H24I2O2/c1-4-10-23-19-8-6-15(12-17(19)21)14(3)16-7-9-20(18(22)13-16)24-11-5-2/h6-9,12-14H,4-5,10-11H2,1-3H3. The molecule has 0 bridgehead atoms. The molecule has 2 nitrogen and oxygen atoms in total. The van der Waals surface area contributed by atoms with E-state index in [-0.39, 0.29) is 0 Å². The van der Waals surface area contributed by atoms with Gasteiger partial charge in [-0.2, -0.15) is 0 Å². The minimum Gasteiger partial charge on any atom is -0.492 e. The predicted octanol–water partition coefficient (Wildman–Crippen LogP) is 6.63. The van der Waals surface area contributed by atoms with E-state index in [0.717, 1.165) is 37.6 Å². The first-order valence-corrected chi connectivity index (χ1v) is 10.6.